The van der Waals surface area contributed by atoms with Crippen molar-refractivity contribution >= 4 is 11.9 Å². The number of hydrogen-bond donors (Lipinski definition) is 1. The van der Waals surface area contributed by atoms with Gasteiger partial charge in [0.2, 0.25) is 0 Å². The molecule has 6 nitrogen and oxygen atoms in total. The first-order chi connectivity index (χ1) is 10.2. The molecule has 1 amide bonds. The lowest BCUT2D eigenvalue weighted by atomic mass is 10.1. The van der Waals surface area contributed by atoms with Crippen molar-refractivity contribution in [1.82, 2.24) is 9.88 Å². The Morgan fingerprint density at radius 2 is 2.10 bits per heavy atom. The van der Waals surface area contributed by atoms with Crippen LogP contribution in [-0.2, 0) is 14.3 Å². The van der Waals surface area contributed by atoms with Gasteiger partial charge < -0.3 is 14.7 Å². The summed E-state index contributed by atoms with van der Waals surface area (Å²) in [6.45, 7) is 0.690. The molecule has 2 saturated heterocycles. The van der Waals surface area contributed by atoms with Gasteiger partial charge in [-0.3, -0.25) is 9.78 Å². The van der Waals surface area contributed by atoms with Crippen molar-refractivity contribution in [3.8, 4) is 0 Å². The van der Waals surface area contributed by atoms with E-state index in [-0.39, 0.29) is 11.9 Å². The van der Waals surface area contributed by atoms with Crippen LogP contribution in [0.25, 0.3) is 0 Å². The lowest BCUT2D eigenvalue weighted by Crippen LogP contribution is -2.39. The first-order valence-corrected chi connectivity index (χ1v) is 7.25. The second-order valence-electron chi connectivity index (χ2n) is 5.50. The Hall–Kier alpha value is -1.95. The minimum atomic E-state index is -0.990. The van der Waals surface area contributed by atoms with E-state index in [1.54, 1.807) is 12.4 Å². The minimum Gasteiger partial charge on any atom is -0.479 e. The molecule has 21 heavy (non-hydrogen) atoms. The number of hydrogen-bond acceptors (Lipinski definition) is 4. The van der Waals surface area contributed by atoms with E-state index < -0.39 is 18.2 Å². The summed E-state index contributed by atoms with van der Waals surface area (Å²) in [5, 5.41) is 8.95. The molecule has 3 unspecified atom stereocenters. The van der Waals surface area contributed by atoms with Gasteiger partial charge in [0.15, 0.2) is 6.10 Å². The van der Waals surface area contributed by atoms with Crippen LogP contribution in [0.15, 0.2) is 24.5 Å². The Kier molecular flexibility index (Phi) is 3.88. The number of ether oxygens (including phenoxy) is 1. The van der Waals surface area contributed by atoms with E-state index in [9.17, 15) is 9.59 Å². The van der Waals surface area contributed by atoms with Crippen molar-refractivity contribution in [2.24, 2.45) is 0 Å². The van der Waals surface area contributed by atoms with E-state index in [1.165, 1.54) is 0 Å². The van der Waals surface area contributed by atoms with E-state index in [1.807, 2.05) is 17.0 Å². The van der Waals surface area contributed by atoms with Crippen LogP contribution in [0.1, 0.15) is 37.3 Å². The van der Waals surface area contributed by atoms with Crippen LogP contribution in [0.5, 0.6) is 0 Å². The minimum absolute atomic E-state index is 0.0266. The van der Waals surface area contributed by atoms with Gasteiger partial charge in [0, 0.05) is 18.9 Å². The van der Waals surface area contributed by atoms with E-state index in [4.69, 9.17) is 9.84 Å². The molecule has 1 aromatic rings. The molecule has 1 N–H and O–H groups in total. The molecule has 2 fully saturated rings. The third kappa shape index (κ3) is 2.76. The molecule has 2 aliphatic rings. The summed E-state index contributed by atoms with van der Waals surface area (Å²) >= 11 is 0. The molecule has 6 heteroatoms. The quantitative estimate of drug-likeness (QED) is 0.909. The third-order valence-electron chi connectivity index (χ3n) is 4.18. The van der Waals surface area contributed by atoms with Crippen LogP contribution >= 0.6 is 0 Å². The largest absolute Gasteiger partial charge is 0.479 e. The van der Waals surface area contributed by atoms with Crippen LogP contribution in [0.4, 0.5) is 0 Å². The molecular formula is C15H18N2O4. The van der Waals surface area contributed by atoms with E-state index in [0.29, 0.717) is 19.4 Å². The zero-order valence-corrected chi connectivity index (χ0v) is 11.6. The predicted octanol–water partition coefficient (Wildman–Crippen LogP) is 1.38. The number of amides is 1. The molecule has 112 valence electrons. The van der Waals surface area contributed by atoms with E-state index in [0.717, 1.165) is 18.4 Å². The maximum absolute atomic E-state index is 12.6. The molecule has 0 radical (unpaired) electrons. The van der Waals surface area contributed by atoms with E-state index in [2.05, 4.69) is 4.98 Å². The number of pyridine rings is 1. The lowest BCUT2D eigenvalue weighted by Gasteiger charge is -2.27. The molecule has 0 aromatic carbocycles. The molecule has 1 aromatic heterocycles. The van der Waals surface area contributed by atoms with Gasteiger partial charge in [0.25, 0.3) is 5.91 Å². The first kappa shape index (κ1) is 14.0. The van der Waals surface area contributed by atoms with Crippen molar-refractivity contribution in [3.63, 3.8) is 0 Å². The normalized spacial score (nSPS) is 28.8. The predicted molar refractivity (Wildman–Crippen MR) is 73.5 cm³/mol. The fourth-order valence-corrected chi connectivity index (χ4v) is 3.14. The summed E-state index contributed by atoms with van der Waals surface area (Å²) in [5.74, 6) is -1.08. The molecule has 0 saturated carbocycles. The van der Waals surface area contributed by atoms with Gasteiger partial charge in [-0.1, -0.05) is 6.07 Å². The van der Waals surface area contributed by atoms with Gasteiger partial charge in [0.1, 0.15) is 6.10 Å². The fraction of sp³-hybridized carbons (Fsp3) is 0.533. The molecule has 2 aliphatic heterocycles. The highest BCUT2D eigenvalue weighted by Crippen LogP contribution is 2.33. The SMILES string of the molecule is O=C(O)C1CCC(C(=O)N2CCCC2c2cccnc2)O1. The number of aromatic nitrogens is 1. The number of carboxylic acid groups (broad SMARTS) is 1. The Labute approximate surface area is 122 Å². The number of rotatable bonds is 3. The van der Waals surface area contributed by atoms with Crippen LogP contribution in [0.2, 0.25) is 0 Å². The third-order valence-corrected chi connectivity index (χ3v) is 4.18. The summed E-state index contributed by atoms with van der Waals surface area (Å²) in [7, 11) is 0. The molecule has 0 aliphatic carbocycles. The molecule has 0 spiro atoms. The monoisotopic (exact) mass is 290 g/mol. The Balaban J connectivity index is 1.71. The average Bonchev–Trinajstić information content (AvgIpc) is 3.17. The Morgan fingerprint density at radius 1 is 1.29 bits per heavy atom. The van der Waals surface area contributed by atoms with Crippen molar-refractivity contribution in [3.05, 3.63) is 30.1 Å². The number of carbonyl (C=O) groups is 2. The molecule has 0 bridgehead atoms. The maximum Gasteiger partial charge on any atom is 0.332 e. The molecular weight excluding hydrogens is 272 g/mol. The number of aliphatic carboxylic acids is 1. The first-order valence-electron chi connectivity index (χ1n) is 7.25. The summed E-state index contributed by atoms with van der Waals surface area (Å²) in [6.07, 6.45) is 4.76. The topological polar surface area (TPSA) is 79.7 Å². The van der Waals surface area contributed by atoms with Gasteiger partial charge in [-0.05, 0) is 37.3 Å². The molecule has 3 heterocycles. The lowest BCUT2D eigenvalue weighted by molar-refractivity contribution is -0.155. The standard InChI is InChI=1S/C15H18N2O4/c18-14(12-5-6-13(21-12)15(19)20)17-8-2-4-11(17)10-3-1-7-16-9-10/h1,3,7,9,11-13H,2,4-6,8H2,(H,19,20). The maximum atomic E-state index is 12.6. The number of likely N-dealkylation sites (tertiary alicyclic amines) is 1. The number of carboxylic acids is 1. The number of nitrogens with zero attached hydrogens (tertiary/aromatic N) is 2. The van der Waals surface area contributed by atoms with Crippen molar-refractivity contribution in [1.29, 1.82) is 0 Å². The van der Waals surface area contributed by atoms with Gasteiger partial charge >= 0.3 is 5.97 Å². The van der Waals surface area contributed by atoms with Gasteiger partial charge in [-0.2, -0.15) is 0 Å². The van der Waals surface area contributed by atoms with Gasteiger partial charge in [-0.15, -0.1) is 0 Å². The second kappa shape index (κ2) is 5.81. The van der Waals surface area contributed by atoms with Crippen LogP contribution in [-0.4, -0.2) is 45.6 Å². The fourth-order valence-electron chi connectivity index (χ4n) is 3.14. The highest BCUT2D eigenvalue weighted by molar-refractivity contribution is 5.83. The Morgan fingerprint density at radius 3 is 2.76 bits per heavy atom. The van der Waals surface area contributed by atoms with Gasteiger partial charge in [-0.25, -0.2) is 4.79 Å². The highest BCUT2D eigenvalue weighted by atomic mass is 16.5. The van der Waals surface area contributed by atoms with Gasteiger partial charge in [0.05, 0.1) is 6.04 Å². The summed E-state index contributed by atoms with van der Waals surface area (Å²) in [4.78, 5) is 29.4. The van der Waals surface area contributed by atoms with Crippen LogP contribution in [0.3, 0.4) is 0 Å². The van der Waals surface area contributed by atoms with E-state index >= 15 is 0 Å². The zero-order valence-electron chi connectivity index (χ0n) is 11.6. The van der Waals surface area contributed by atoms with Crippen molar-refractivity contribution in [2.75, 3.05) is 6.54 Å². The average molecular weight is 290 g/mol. The smallest absolute Gasteiger partial charge is 0.332 e. The molecule has 3 rings (SSSR count). The second-order valence-corrected chi connectivity index (χ2v) is 5.50. The summed E-state index contributed by atoms with van der Waals surface area (Å²) < 4.78 is 5.37. The zero-order chi connectivity index (χ0) is 14.8. The Bertz CT molecular complexity index is 534. The van der Waals surface area contributed by atoms with Crippen LogP contribution in [0, 0.1) is 0 Å². The number of carbonyl (C=O) groups excluding carboxylic acids is 1. The van der Waals surface area contributed by atoms with Crippen LogP contribution < -0.4 is 0 Å². The van der Waals surface area contributed by atoms with Crippen molar-refractivity contribution < 1.29 is 19.4 Å². The summed E-state index contributed by atoms with van der Waals surface area (Å²) in [6, 6.07) is 3.86. The summed E-state index contributed by atoms with van der Waals surface area (Å²) in [5.41, 5.74) is 1.02. The highest BCUT2D eigenvalue weighted by Gasteiger charge is 2.40. The van der Waals surface area contributed by atoms with Crippen molar-refractivity contribution in [2.45, 2.75) is 43.9 Å². The molecule has 3 atom stereocenters.